The van der Waals surface area contributed by atoms with Gasteiger partial charge in [0, 0.05) is 21.7 Å². The maximum Gasteiger partial charge on any atom is 0.195 e. The van der Waals surface area contributed by atoms with Crippen LogP contribution in [0.25, 0.3) is 0 Å². The molecule has 4 heteroatoms. The van der Waals surface area contributed by atoms with E-state index in [4.69, 9.17) is 34.8 Å². The smallest absolute Gasteiger partial charge is 0.195 e. The topological polar surface area (TPSA) is 17.1 Å². The Morgan fingerprint density at radius 1 is 0.750 bits per heavy atom. The van der Waals surface area contributed by atoms with Gasteiger partial charge < -0.3 is 0 Å². The van der Waals surface area contributed by atoms with Gasteiger partial charge in [-0.2, -0.15) is 0 Å². The van der Waals surface area contributed by atoms with E-state index in [2.05, 4.69) is 0 Å². The van der Waals surface area contributed by atoms with Gasteiger partial charge in [0.2, 0.25) is 0 Å². The van der Waals surface area contributed by atoms with E-state index in [1.165, 1.54) is 0 Å². The predicted octanol–water partition coefficient (Wildman–Crippen LogP) is 6.07. The number of benzene rings is 3. The minimum atomic E-state index is -1.07. The summed E-state index contributed by atoms with van der Waals surface area (Å²) in [6.45, 7) is 0. The van der Waals surface area contributed by atoms with Gasteiger partial charge in [-0.15, -0.1) is 11.6 Å². The summed E-state index contributed by atoms with van der Waals surface area (Å²) in [5.41, 5.74) is 3.04. The van der Waals surface area contributed by atoms with Crippen LogP contribution in [0, 0.1) is 0 Å². The number of carbonyl (C=O) groups excluding carboxylic acids is 1. The molecule has 118 valence electrons. The van der Waals surface area contributed by atoms with Crippen LogP contribution in [-0.4, -0.2) is 5.78 Å². The maximum absolute atomic E-state index is 13.0. The highest BCUT2D eigenvalue weighted by Gasteiger charge is 2.45. The fraction of sp³-hybridized carbons (Fsp3) is 0.0500. The number of rotatable bonds is 1. The average molecular weight is 374 g/mol. The molecule has 1 nitrogen and oxygen atoms in total. The molecule has 0 radical (unpaired) electrons. The van der Waals surface area contributed by atoms with Crippen molar-refractivity contribution in [3.05, 3.63) is 105 Å². The standard InChI is InChI=1S/C20H11Cl3O/c21-15-10-5-9-14-17(15)19(24)13-8-4-11-16(22)18(13)20(14,23)12-6-2-1-3-7-12/h1-11H. The molecule has 1 atom stereocenters. The van der Waals surface area contributed by atoms with Gasteiger partial charge >= 0.3 is 0 Å². The number of hydrogen-bond donors (Lipinski definition) is 0. The summed E-state index contributed by atoms with van der Waals surface area (Å²) in [6, 6.07) is 20.2. The highest BCUT2D eigenvalue weighted by molar-refractivity contribution is 6.40. The molecule has 0 N–H and O–H groups in total. The minimum absolute atomic E-state index is 0.152. The third-order valence-electron chi connectivity index (χ3n) is 4.39. The molecule has 0 saturated heterocycles. The molecular weight excluding hydrogens is 363 g/mol. The second-order valence-electron chi connectivity index (χ2n) is 5.68. The van der Waals surface area contributed by atoms with E-state index < -0.39 is 4.87 Å². The van der Waals surface area contributed by atoms with E-state index in [-0.39, 0.29) is 5.78 Å². The van der Waals surface area contributed by atoms with Crippen LogP contribution in [0.2, 0.25) is 10.0 Å². The number of fused-ring (bicyclic) bond motifs is 2. The Labute approximate surface area is 154 Å². The van der Waals surface area contributed by atoms with E-state index in [0.29, 0.717) is 32.3 Å². The van der Waals surface area contributed by atoms with E-state index in [1.54, 1.807) is 30.3 Å². The first kappa shape index (κ1) is 15.7. The lowest BCUT2D eigenvalue weighted by atomic mass is 9.73. The number of ketones is 1. The summed E-state index contributed by atoms with van der Waals surface area (Å²) in [6.07, 6.45) is 0. The van der Waals surface area contributed by atoms with Crippen molar-refractivity contribution in [1.82, 2.24) is 0 Å². The quantitative estimate of drug-likeness (QED) is 0.473. The maximum atomic E-state index is 13.0. The molecule has 3 aromatic rings. The lowest BCUT2D eigenvalue weighted by Gasteiger charge is -2.36. The molecule has 1 aliphatic carbocycles. The van der Waals surface area contributed by atoms with E-state index in [9.17, 15) is 4.79 Å². The highest BCUT2D eigenvalue weighted by atomic mass is 35.5. The summed E-state index contributed by atoms with van der Waals surface area (Å²) < 4.78 is 0. The van der Waals surface area contributed by atoms with E-state index >= 15 is 0 Å². The molecule has 3 aromatic carbocycles. The molecule has 0 fully saturated rings. The number of carbonyl (C=O) groups is 1. The average Bonchev–Trinajstić information content (AvgIpc) is 2.60. The Morgan fingerprint density at radius 3 is 2.17 bits per heavy atom. The van der Waals surface area contributed by atoms with Gasteiger partial charge in [-0.05, 0) is 23.3 Å². The predicted molar refractivity (Wildman–Crippen MR) is 98.5 cm³/mol. The van der Waals surface area contributed by atoms with Crippen LogP contribution in [0.15, 0.2) is 66.7 Å². The number of alkyl halides is 1. The molecular formula is C20H11Cl3O. The third kappa shape index (κ3) is 2.05. The zero-order chi connectivity index (χ0) is 16.9. The molecule has 0 aliphatic heterocycles. The number of hydrogen-bond acceptors (Lipinski definition) is 1. The van der Waals surface area contributed by atoms with Crippen LogP contribution in [0.3, 0.4) is 0 Å². The third-order valence-corrected chi connectivity index (χ3v) is 5.63. The van der Waals surface area contributed by atoms with Crippen LogP contribution in [0.1, 0.15) is 32.6 Å². The molecule has 4 rings (SSSR count). The van der Waals surface area contributed by atoms with Gasteiger partial charge in [-0.3, -0.25) is 4.79 Å². The molecule has 24 heavy (non-hydrogen) atoms. The second kappa shape index (κ2) is 5.63. The first-order valence-corrected chi connectivity index (χ1v) is 8.55. The largest absolute Gasteiger partial charge is 0.289 e. The summed E-state index contributed by atoms with van der Waals surface area (Å²) >= 11 is 20.0. The SMILES string of the molecule is O=C1c2cccc(Cl)c2C(Cl)(c2ccccc2)c2cccc(Cl)c21. The normalized spacial score (nSPS) is 18.9. The van der Waals surface area contributed by atoms with Gasteiger partial charge in [0.25, 0.3) is 0 Å². The Balaban J connectivity index is 2.18. The first-order valence-electron chi connectivity index (χ1n) is 7.42. The van der Waals surface area contributed by atoms with Gasteiger partial charge in [-0.25, -0.2) is 0 Å². The van der Waals surface area contributed by atoms with Crippen LogP contribution >= 0.6 is 34.8 Å². The Bertz CT molecular complexity index is 966. The lowest BCUT2D eigenvalue weighted by Crippen LogP contribution is -2.32. The highest BCUT2D eigenvalue weighted by Crippen LogP contribution is 2.52. The monoisotopic (exact) mass is 372 g/mol. The fourth-order valence-corrected chi connectivity index (χ4v) is 4.45. The van der Waals surface area contributed by atoms with Crippen molar-refractivity contribution in [2.24, 2.45) is 0 Å². The summed E-state index contributed by atoms with van der Waals surface area (Å²) in [5, 5.41) is 0.856. The molecule has 0 heterocycles. The minimum Gasteiger partial charge on any atom is -0.289 e. The molecule has 0 aromatic heterocycles. The van der Waals surface area contributed by atoms with E-state index in [0.717, 1.165) is 5.56 Å². The van der Waals surface area contributed by atoms with Crippen molar-refractivity contribution in [1.29, 1.82) is 0 Å². The van der Waals surface area contributed by atoms with Gasteiger partial charge in [0.1, 0.15) is 4.87 Å². The van der Waals surface area contributed by atoms with Gasteiger partial charge in [-0.1, -0.05) is 77.8 Å². The Kier molecular flexibility index (Phi) is 3.69. The van der Waals surface area contributed by atoms with Crippen molar-refractivity contribution >= 4 is 40.6 Å². The van der Waals surface area contributed by atoms with Crippen LogP contribution in [0.4, 0.5) is 0 Å². The molecule has 1 aliphatic rings. The molecule has 1 unspecified atom stereocenters. The lowest BCUT2D eigenvalue weighted by molar-refractivity contribution is 0.103. The summed E-state index contributed by atoms with van der Waals surface area (Å²) in [4.78, 5) is 11.9. The Morgan fingerprint density at radius 2 is 1.42 bits per heavy atom. The van der Waals surface area contributed by atoms with Crippen molar-refractivity contribution in [3.63, 3.8) is 0 Å². The molecule has 0 bridgehead atoms. The van der Waals surface area contributed by atoms with Crippen molar-refractivity contribution in [2.75, 3.05) is 0 Å². The van der Waals surface area contributed by atoms with Crippen LogP contribution in [0.5, 0.6) is 0 Å². The van der Waals surface area contributed by atoms with Crippen molar-refractivity contribution in [2.45, 2.75) is 4.87 Å². The molecule has 0 saturated carbocycles. The van der Waals surface area contributed by atoms with Gasteiger partial charge in [0.05, 0.1) is 5.02 Å². The molecule has 0 spiro atoms. The first-order chi connectivity index (χ1) is 11.5. The summed E-state index contributed by atoms with van der Waals surface area (Å²) in [5.74, 6) is -0.152. The number of halogens is 3. The van der Waals surface area contributed by atoms with Crippen molar-refractivity contribution in [3.8, 4) is 0 Å². The second-order valence-corrected chi connectivity index (χ2v) is 7.06. The van der Waals surface area contributed by atoms with Crippen LogP contribution < -0.4 is 0 Å². The van der Waals surface area contributed by atoms with Crippen molar-refractivity contribution < 1.29 is 4.79 Å². The zero-order valence-electron chi connectivity index (χ0n) is 12.4. The zero-order valence-corrected chi connectivity index (χ0v) is 14.7. The van der Waals surface area contributed by atoms with E-state index in [1.807, 2.05) is 36.4 Å². The van der Waals surface area contributed by atoms with Gasteiger partial charge in [0.15, 0.2) is 5.78 Å². The molecule has 0 amide bonds. The fourth-order valence-electron chi connectivity index (χ4n) is 3.34. The Hall–Kier alpha value is -1.80. The van der Waals surface area contributed by atoms with Crippen LogP contribution in [-0.2, 0) is 4.87 Å². The summed E-state index contributed by atoms with van der Waals surface area (Å²) in [7, 11) is 0.